The molecule has 0 radical (unpaired) electrons. The second-order valence-corrected chi connectivity index (χ2v) is 7.84. The Morgan fingerprint density at radius 2 is 1.93 bits per heavy atom. The lowest BCUT2D eigenvalue weighted by Gasteiger charge is -2.10. The summed E-state index contributed by atoms with van der Waals surface area (Å²) in [6.07, 6.45) is 1.26. The van der Waals surface area contributed by atoms with E-state index in [1.165, 1.54) is 30.5 Å². The summed E-state index contributed by atoms with van der Waals surface area (Å²) in [7, 11) is -3.83. The van der Waals surface area contributed by atoms with Crippen LogP contribution in [0.1, 0.15) is 26.3 Å². The third-order valence-electron chi connectivity index (χ3n) is 3.24. The van der Waals surface area contributed by atoms with Gasteiger partial charge in [0.1, 0.15) is 5.75 Å². The Morgan fingerprint density at radius 1 is 1.26 bits per heavy atom. The number of phenolic OH excluding ortho intramolecular Hbond substituents is 1. The lowest BCUT2D eigenvalue weighted by Crippen LogP contribution is -2.18. The van der Waals surface area contributed by atoms with Crippen LogP contribution < -0.4 is 14.3 Å². The molecule has 9 heteroatoms. The standard InChI is InChI=1S/C18H21ClN2O5S/c1-4-25-17-10-13(9-16(19)18(17)22)11-20-21-27(23,24)15-7-5-14(6-8-15)26-12(2)3/h5-12,21-22H,4H2,1-3H3/b20-11+. The molecule has 0 aliphatic rings. The first-order chi connectivity index (χ1) is 12.7. The van der Waals surface area contributed by atoms with Gasteiger partial charge in [-0.25, -0.2) is 4.83 Å². The van der Waals surface area contributed by atoms with Gasteiger partial charge in [0.05, 0.1) is 28.8 Å². The van der Waals surface area contributed by atoms with Crippen molar-refractivity contribution in [2.45, 2.75) is 31.8 Å². The molecule has 0 spiro atoms. The van der Waals surface area contributed by atoms with Crippen molar-refractivity contribution in [1.82, 2.24) is 4.83 Å². The largest absolute Gasteiger partial charge is 0.503 e. The zero-order chi connectivity index (χ0) is 20.0. The predicted octanol–water partition coefficient (Wildman–Crippen LogP) is 3.54. The predicted molar refractivity (Wildman–Crippen MR) is 104 cm³/mol. The Labute approximate surface area is 163 Å². The number of halogens is 1. The van der Waals surface area contributed by atoms with Gasteiger partial charge in [0.2, 0.25) is 0 Å². The molecule has 0 aromatic heterocycles. The molecule has 146 valence electrons. The molecule has 2 aromatic carbocycles. The van der Waals surface area contributed by atoms with Crippen molar-refractivity contribution in [2.75, 3.05) is 6.61 Å². The zero-order valence-corrected chi connectivity index (χ0v) is 16.7. The number of nitrogens with one attached hydrogen (secondary N) is 1. The van der Waals surface area contributed by atoms with E-state index in [1.807, 2.05) is 13.8 Å². The summed E-state index contributed by atoms with van der Waals surface area (Å²) >= 11 is 5.93. The highest BCUT2D eigenvalue weighted by Gasteiger charge is 2.13. The third kappa shape index (κ3) is 5.77. The lowest BCUT2D eigenvalue weighted by molar-refractivity contribution is 0.242. The van der Waals surface area contributed by atoms with Crippen molar-refractivity contribution in [3.8, 4) is 17.2 Å². The number of ether oxygens (including phenoxy) is 2. The number of sulfonamides is 1. The van der Waals surface area contributed by atoms with Crippen molar-refractivity contribution < 1.29 is 23.0 Å². The molecule has 0 saturated carbocycles. The minimum atomic E-state index is -3.83. The Kier molecular flexibility index (Phi) is 6.92. The van der Waals surface area contributed by atoms with Crippen LogP contribution in [0.2, 0.25) is 5.02 Å². The monoisotopic (exact) mass is 412 g/mol. The Balaban J connectivity index is 2.12. The second-order valence-electron chi connectivity index (χ2n) is 5.77. The second kappa shape index (κ2) is 8.96. The third-order valence-corrected chi connectivity index (χ3v) is 4.77. The molecule has 0 fully saturated rings. The summed E-state index contributed by atoms with van der Waals surface area (Å²) in [6.45, 7) is 5.87. The molecule has 2 rings (SSSR count). The summed E-state index contributed by atoms with van der Waals surface area (Å²) in [5.74, 6) is 0.588. The quantitative estimate of drug-likeness (QED) is 0.510. The fourth-order valence-electron chi connectivity index (χ4n) is 2.13. The van der Waals surface area contributed by atoms with Gasteiger partial charge in [-0.15, -0.1) is 0 Å². The van der Waals surface area contributed by atoms with Crippen molar-refractivity contribution in [3.05, 3.63) is 47.0 Å². The number of hydrogen-bond donors (Lipinski definition) is 2. The van der Waals surface area contributed by atoms with Crippen LogP contribution in [-0.2, 0) is 10.0 Å². The molecule has 0 atom stereocenters. The normalized spacial score (nSPS) is 11.7. The van der Waals surface area contributed by atoms with Gasteiger partial charge in [-0.2, -0.15) is 13.5 Å². The van der Waals surface area contributed by atoms with Crippen LogP contribution in [0.5, 0.6) is 17.2 Å². The first-order valence-electron chi connectivity index (χ1n) is 8.20. The number of rotatable bonds is 8. The SMILES string of the molecule is CCOc1cc(/C=N/NS(=O)(=O)c2ccc(OC(C)C)cc2)cc(Cl)c1O. The van der Waals surface area contributed by atoms with Crippen LogP contribution in [0.15, 0.2) is 46.4 Å². The highest BCUT2D eigenvalue weighted by Crippen LogP contribution is 2.34. The van der Waals surface area contributed by atoms with Gasteiger partial charge >= 0.3 is 0 Å². The molecule has 2 N–H and O–H groups in total. The van der Waals surface area contributed by atoms with Crippen LogP contribution >= 0.6 is 11.6 Å². The zero-order valence-electron chi connectivity index (χ0n) is 15.1. The fourth-order valence-corrected chi connectivity index (χ4v) is 3.14. The van der Waals surface area contributed by atoms with E-state index in [4.69, 9.17) is 21.1 Å². The van der Waals surface area contributed by atoms with Gasteiger partial charge in [0, 0.05) is 0 Å². The summed E-state index contributed by atoms with van der Waals surface area (Å²) < 4.78 is 35.3. The van der Waals surface area contributed by atoms with Crippen LogP contribution in [0.4, 0.5) is 0 Å². The van der Waals surface area contributed by atoms with Crippen LogP contribution in [0.25, 0.3) is 0 Å². The van der Waals surface area contributed by atoms with Gasteiger partial charge in [-0.3, -0.25) is 0 Å². The van der Waals surface area contributed by atoms with Gasteiger partial charge in [0.25, 0.3) is 10.0 Å². The first-order valence-corrected chi connectivity index (χ1v) is 10.1. The van der Waals surface area contributed by atoms with Crippen LogP contribution in [0, 0.1) is 0 Å². The molecule has 27 heavy (non-hydrogen) atoms. The Bertz CT molecular complexity index is 912. The maximum Gasteiger partial charge on any atom is 0.276 e. The maximum atomic E-state index is 12.3. The van der Waals surface area contributed by atoms with Crippen molar-refractivity contribution in [1.29, 1.82) is 0 Å². The molecule has 7 nitrogen and oxygen atoms in total. The molecule has 0 saturated heterocycles. The maximum absolute atomic E-state index is 12.3. The van der Waals surface area contributed by atoms with E-state index in [-0.39, 0.29) is 27.5 Å². The molecular formula is C18H21ClN2O5S. The van der Waals surface area contributed by atoms with Gasteiger partial charge in [0.15, 0.2) is 11.5 Å². The summed E-state index contributed by atoms with van der Waals surface area (Å²) in [6, 6.07) is 8.95. The number of benzene rings is 2. The van der Waals surface area contributed by atoms with E-state index in [1.54, 1.807) is 19.1 Å². The lowest BCUT2D eigenvalue weighted by atomic mass is 10.2. The summed E-state index contributed by atoms with van der Waals surface area (Å²) in [5, 5.41) is 13.6. The number of hydrogen-bond acceptors (Lipinski definition) is 6. The minimum absolute atomic E-state index is 0.00565. The molecule has 0 unspecified atom stereocenters. The Hall–Kier alpha value is -2.45. The smallest absolute Gasteiger partial charge is 0.276 e. The summed E-state index contributed by atoms with van der Waals surface area (Å²) in [4.78, 5) is 2.17. The Morgan fingerprint density at radius 3 is 2.52 bits per heavy atom. The molecule has 2 aromatic rings. The van der Waals surface area contributed by atoms with Crippen LogP contribution in [0.3, 0.4) is 0 Å². The number of phenols is 1. The highest BCUT2D eigenvalue weighted by atomic mass is 35.5. The number of hydrazone groups is 1. The highest BCUT2D eigenvalue weighted by molar-refractivity contribution is 7.89. The molecule has 0 amide bonds. The van der Waals surface area contributed by atoms with E-state index in [0.717, 1.165) is 0 Å². The molecular weight excluding hydrogens is 392 g/mol. The first kappa shape index (κ1) is 20.9. The van der Waals surface area contributed by atoms with E-state index >= 15 is 0 Å². The molecule has 0 heterocycles. The average molecular weight is 413 g/mol. The van der Waals surface area contributed by atoms with Gasteiger partial charge in [-0.05, 0) is 62.7 Å². The molecule has 0 bridgehead atoms. The van der Waals surface area contributed by atoms with Crippen molar-refractivity contribution in [2.24, 2.45) is 5.10 Å². The number of aromatic hydroxyl groups is 1. The minimum Gasteiger partial charge on any atom is -0.503 e. The van der Waals surface area contributed by atoms with Gasteiger partial charge < -0.3 is 14.6 Å². The van der Waals surface area contributed by atoms with Crippen LogP contribution in [-0.4, -0.2) is 32.4 Å². The average Bonchev–Trinajstić information content (AvgIpc) is 2.59. The molecule has 0 aliphatic heterocycles. The fraction of sp³-hybridized carbons (Fsp3) is 0.278. The molecule has 0 aliphatic carbocycles. The van der Waals surface area contributed by atoms with Crippen molar-refractivity contribution >= 4 is 27.8 Å². The van der Waals surface area contributed by atoms with E-state index in [0.29, 0.717) is 17.9 Å². The van der Waals surface area contributed by atoms with Crippen molar-refractivity contribution in [3.63, 3.8) is 0 Å². The number of nitrogens with zero attached hydrogens (tertiary/aromatic N) is 1. The van der Waals surface area contributed by atoms with E-state index in [2.05, 4.69) is 9.93 Å². The van der Waals surface area contributed by atoms with Gasteiger partial charge in [-0.1, -0.05) is 11.6 Å². The summed E-state index contributed by atoms with van der Waals surface area (Å²) in [5.41, 5.74) is 0.463. The topological polar surface area (TPSA) is 97.2 Å². The van der Waals surface area contributed by atoms with E-state index < -0.39 is 10.0 Å². The van der Waals surface area contributed by atoms with E-state index in [9.17, 15) is 13.5 Å².